The van der Waals surface area contributed by atoms with E-state index in [1.807, 2.05) is 0 Å². The molecular weight excluding hydrogens is 363 g/mol. The minimum absolute atomic E-state index is 0.217. The Kier molecular flexibility index (Phi) is 4.13. The van der Waals surface area contributed by atoms with Crippen molar-refractivity contribution >= 4 is 28.7 Å². The number of carbonyl (C=O) groups is 1. The molecule has 1 N–H and O–H groups in total. The molecule has 0 saturated carbocycles. The van der Waals surface area contributed by atoms with Crippen molar-refractivity contribution in [2.24, 2.45) is 0 Å². The number of pyridine rings is 1. The number of carboxylic acid groups (broad SMARTS) is 1. The first kappa shape index (κ1) is 16.8. The number of ether oxygens (including phenoxy) is 1. The number of rotatable bonds is 2. The number of nitrogens with zero attached hydrogens (tertiary/aromatic N) is 1. The van der Waals surface area contributed by atoms with Gasteiger partial charge in [-0.3, -0.25) is 4.79 Å². The zero-order valence-corrected chi connectivity index (χ0v) is 12.9. The molecular formula is C16H7ClF3NO4. The summed E-state index contributed by atoms with van der Waals surface area (Å²) in [5.41, 5.74) is -1.45. The van der Waals surface area contributed by atoms with Gasteiger partial charge in [0.15, 0.2) is 23.2 Å². The molecule has 1 heterocycles. The normalized spacial score (nSPS) is 10.9. The number of aromatic nitrogens is 1. The number of hydrogen-bond acceptors (Lipinski definition) is 3. The molecule has 1 aromatic heterocycles. The van der Waals surface area contributed by atoms with Gasteiger partial charge in [0.1, 0.15) is 0 Å². The van der Waals surface area contributed by atoms with Crippen molar-refractivity contribution in [1.82, 2.24) is 4.57 Å². The maximum atomic E-state index is 14.3. The van der Waals surface area contributed by atoms with E-state index in [1.165, 1.54) is 24.3 Å². The molecule has 128 valence electrons. The smallest absolute Gasteiger partial charge is 0.449 e. The van der Waals surface area contributed by atoms with Crippen molar-refractivity contribution < 1.29 is 27.8 Å². The summed E-state index contributed by atoms with van der Waals surface area (Å²) in [6.07, 6.45) is -0.912. The molecule has 25 heavy (non-hydrogen) atoms. The summed E-state index contributed by atoms with van der Waals surface area (Å²) in [5, 5.41) is 8.50. The van der Waals surface area contributed by atoms with Gasteiger partial charge in [0.25, 0.3) is 0 Å². The molecule has 0 aliphatic heterocycles. The van der Waals surface area contributed by atoms with Crippen LogP contribution in [0.1, 0.15) is 0 Å². The van der Waals surface area contributed by atoms with Crippen molar-refractivity contribution in [3.8, 4) is 11.4 Å². The second kappa shape index (κ2) is 6.14. The molecule has 2 aromatic carbocycles. The lowest BCUT2D eigenvalue weighted by molar-refractivity contribution is 0.144. The average molecular weight is 370 g/mol. The van der Waals surface area contributed by atoms with Crippen LogP contribution in [0.25, 0.3) is 16.6 Å². The summed E-state index contributed by atoms with van der Waals surface area (Å²) < 4.78 is 46.8. The van der Waals surface area contributed by atoms with Crippen LogP contribution in [0.4, 0.5) is 18.0 Å². The van der Waals surface area contributed by atoms with E-state index in [4.69, 9.17) is 16.7 Å². The highest BCUT2D eigenvalue weighted by molar-refractivity contribution is 6.30. The van der Waals surface area contributed by atoms with Crippen LogP contribution in [0, 0.1) is 17.5 Å². The number of hydrogen-bond donors (Lipinski definition) is 1. The molecule has 0 unspecified atom stereocenters. The van der Waals surface area contributed by atoms with Crippen molar-refractivity contribution in [3.63, 3.8) is 0 Å². The lowest BCUT2D eigenvalue weighted by Crippen LogP contribution is -2.17. The fourth-order valence-corrected chi connectivity index (χ4v) is 2.47. The van der Waals surface area contributed by atoms with Crippen LogP contribution < -0.4 is 10.2 Å². The molecule has 0 saturated heterocycles. The van der Waals surface area contributed by atoms with E-state index in [2.05, 4.69) is 4.74 Å². The topological polar surface area (TPSA) is 68.5 Å². The van der Waals surface area contributed by atoms with Crippen LogP contribution in [0.3, 0.4) is 0 Å². The van der Waals surface area contributed by atoms with E-state index in [0.717, 1.165) is 10.8 Å². The summed E-state index contributed by atoms with van der Waals surface area (Å²) >= 11 is 5.77. The number of halogens is 4. The summed E-state index contributed by atoms with van der Waals surface area (Å²) in [6, 6.07) is 6.19. The van der Waals surface area contributed by atoms with Crippen LogP contribution in [0.5, 0.6) is 5.75 Å². The molecule has 0 fully saturated rings. The van der Waals surface area contributed by atoms with Gasteiger partial charge in [0, 0.05) is 10.7 Å². The molecule has 3 aromatic rings. The zero-order chi connectivity index (χ0) is 18.3. The fourth-order valence-electron chi connectivity index (χ4n) is 2.34. The van der Waals surface area contributed by atoms with E-state index in [-0.39, 0.29) is 5.69 Å². The second-order valence-electron chi connectivity index (χ2n) is 4.92. The molecule has 5 nitrogen and oxygen atoms in total. The quantitative estimate of drug-likeness (QED) is 0.545. The molecule has 3 rings (SSSR count). The molecule has 0 aliphatic rings. The Morgan fingerprint density at radius 3 is 2.36 bits per heavy atom. The predicted octanol–water partition coefficient (Wildman–Crippen LogP) is 4.12. The standard InChI is InChI=1S/C16H7ClF3NO4/c17-7-1-3-8(4-2-7)21-6-11(25-16(23)24)15(22)9-5-10(18)12(19)13(20)14(9)21/h1-6H,(H,23,24). The molecule has 9 heteroatoms. The Morgan fingerprint density at radius 1 is 1.12 bits per heavy atom. The Balaban J connectivity index is 2.46. The van der Waals surface area contributed by atoms with E-state index >= 15 is 0 Å². The van der Waals surface area contributed by atoms with Crippen molar-refractivity contribution in [2.45, 2.75) is 0 Å². The van der Waals surface area contributed by atoms with Crippen molar-refractivity contribution in [1.29, 1.82) is 0 Å². The zero-order valence-electron chi connectivity index (χ0n) is 12.1. The Labute approximate surface area is 142 Å². The first-order valence-corrected chi connectivity index (χ1v) is 7.07. The van der Waals surface area contributed by atoms with Crippen LogP contribution in [0.15, 0.2) is 41.3 Å². The van der Waals surface area contributed by atoms with E-state index in [0.29, 0.717) is 11.1 Å². The fraction of sp³-hybridized carbons (Fsp3) is 0. The third-order valence-electron chi connectivity index (χ3n) is 3.39. The number of benzene rings is 2. The molecule has 0 bridgehead atoms. The van der Waals surface area contributed by atoms with E-state index in [1.54, 1.807) is 0 Å². The summed E-state index contributed by atoms with van der Waals surface area (Å²) in [6.45, 7) is 0. The SMILES string of the molecule is O=C(O)Oc1cn(-c2ccc(Cl)cc2)c2c(F)c(F)c(F)cc2c1=O. The van der Waals surface area contributed by atoms with Gasteiger partial charge in [-0.2, -0.15) is 0 Å². The summed E-state index contributed by atoms with van der Waals surface area (Å²) in [5.74, 6) is -5.64. The lowest BCUT2D eigenvalue weighted by atomic mass is 10.1. The predicted molar refractivity (Wildman–Crippen MR) is 83.1 cm³/mol. The van der Waals surface area contributed by atoms with Gasteiger partial charge in [-0.05, 0) is 30.3 Å². The average Bonchev–Trinajstić information content (AvgIpc) is 2.56. The number of fused-ring (bicyclic) bond motifs is 1. The van der Waals surface area contributed by atoms with Crippen LogP contribution in [-0.4, -0.2) is 15.8 Å². The molecule has 0 radical (unpaired) electrons. The van der Waals surface area contributed by atoms with Gasteiger partial charge in [0.2, 0.25) is 5.43 Å². The third-order valence-corrected chi connectivity index (χ3v) is 3.65. The summed E-state index contributed by atoms with van der Waals surface area (Å²) in [7, 11) is 0. The van der Waals surface area contributed by atoms with Gasteiger partial charge in [0.05, 0.1) is 17.1 Å². The maximum Gasteiger partial charge on any atom is 0.511 e. The Bertz CT molecular complexity index is 1060. The van der Waals surface area contributed by atoms with Gasteiger partial charge in [-0.1, -0.05) is 11.6 Å². The van der Waals surface area contributed by atoms with Crippen LogP contribution in [-0.2, 0) is 0 Å². The first-order valence-electron chi connectivity index (χ1n) is 6.69. The van der Waals surface area contributed by atoms with Gasteiger partial charge in [-0.25, -0.2) is 18.0 Å². The van der Waals surface area contributed by atoms with E-state index < -0.39 is 45.7 Å². The molecule has 0 aliphatic carbocycles. The highest BCUT2D eigenvalue weighted by Crippen LogP contribution is 2.26. The van der Waals surface area contributed by atoms with Crippen LogP contribution >= 0.6 is 11.6 Å². The lowest BCUT2D eigenvalue weighted by Gasteiger charge is -2.14. The van der Waals surface area contributed by atoms with Gasteiger partial charge in [-0.15, -0.1) is 0 Å². The first-order chi connectivity index (χ1) is 11.8. The van der Waals surface area contributed by atoms with E-state index in [9.17, 15) is 22.8 Å². The van der Waals surface area contributed by atoms with Gasteiger partial charge >= 0.3 is 6.16 Å². The Hall–Kier alpha value is -3.00. The molecule has 0 atom stereocenters. The van der Waals surface area contributed by atoms with Crippen LogP contribution in [0.2, 0.25) is 5.02 Å². The van der Waals surface area contributed by atoms with Gasteiger partial charge < -0.3 is 14.4 Å². The van der Waals surface area contributed by atoms with Crippen molar-refractivity contribution in [3.05, 3.63) is 69.2 Å². The second-order valence-corrected chi connectivity index (χ2v) is 5.36. The largest absolute Gasteiger partial charge is 0.511 e. The third kappa shape index (κ3) is 2.91. The minimum atomic E-state index is -1.79. The highest BCUT2D eigenvalue weighted by atomic mass is 35.5. The highest BCUT2D eigenvalue weighted by Gasteiger charge is 2.22. The molecule has 0 amide bonds. The summed E-state index contributed by atoms with van der Waals surface area (Å²) in [4.78, 5) is 23.0. The van der Waals surface area contributed by atoms with Crippen molar-refractivity contribution in [2.75, 3.05) is 0 Å². The maximum absolute atomic E-state index is 14.3. The monoisotopic (exact) mass is 369 g/mol. The molecule has 0 spiro atoms. The minimum Gasteiger partial charge on any atom is -0.449 e. The Morgan fingerprint density at radius 2 is 1.76 bits per heavy atom.